The maximum atomic E-state index is 5.97. The first-order valence-electron chi connectivity index (χ1n) is 7.86. The molecule has 3 saturated heterocycles. The molecule has 0 aliphatic carbocycles. The van der Waals surface area contributed by atoms with Crippen LogP contribution in [0.5, 0.6) is 0 Å². The predicted octanol–water partition coefficient (Wildman–Crippen LogP) is 1.35. The van der Waals surface area contributed by atoms with Crippen molar-refractivity contribution in [3.8, 4) is 0 Å². The van der Waals surface area contributed by atoms with Crippen molar-refractivity contribution in [3.63, 3.8) is 0 Å². The minimum absolute atomic E-state index is 0.409. The Bertz CT molecular complexity index is 311. The highest BCUT2D eigenvalue weighted by Gasteiger charge is 2.41. The van der Waals surface area contributed by atoms with Gasteiger partial charge in [-0.15, -0.1) is 0 Å². The molecule has 2 bridgehead atoms. The van der Waals surface area contributed by atoms with Gasteiger partial charge in [0.05, 0.1) is 25.4 Å². The van der Waals surface area contributed by atoms with Gasteiger partial charge in [-0.05, 0) is 33.6 Å². The van der Waals surface area contributed by atoms with Crippen LogP contribution in [0.15, 0.2) is 0 Å². The van der Waals surface area contributed by atoms with E-state index in [0.717, 1.165) is 39.3 Å². The van der Waals surface area contributed by atoms with Gasteiger partial charge in [0.15, 0.2) is 0 Å². The molecule has 4 atom stereocenters. The molecular weight excluding hydrogens is 240 g/mol. The first-order chi connectivity index (χ1) is 9.13. The standard InChI is InChI=1S/C15H28N2O2/c1-11(2)16-4-5-18-14(8-16)6-12(3)17-9-15-7-13(17)10-19-15/h11-15H,4-10H2,1-3H3/t12?,13-,14?,15-/m0/s1. The fourth-order valence-electron chi connectivity index (χ4n) is 3.84. The van der Waals surface area contributed by atoms with E-state index in [1.165, 1.54) is 6.42 Å². The summed E-state index contributed by atoms with van der Waals surface area (Å²) in [4.78, 5) is 5.19. The molecule has 3 heterocycles. The summed E-state index contributed by atoms with van der Waals surface area (Å²) in [6.45, 7) is 12.1. The highest BCUT2D eigenvalue weighted by Crippen LogP contribution is 2.31. The van der Waals surface area contributed by atoms with Crippen molar-refractivity contribution < 1.29 is 9.47 Å². The Morgan fingerprint density at radius 2 is 2.00 bits per heavy atom. The number of hydrogen-bond donors (Lipinski definition) is 0. The van der Waals surface area contributed by atoms with Gasteiger partial charge in [-0.2, -0.15) is 0 Å². The average molecular weight is 268 g/mol. The maximum Gasteiger partial charge on any atom is 0.0718 e. The average Bonchev–Trinajstić information content (AvgIpc) is 3.01. The lowest BCUT2D eigenvalue weighted by Crippen LogP contribution is -2.49. The number of morpholine rings is 2. The molecule has 4 heteroatoms. The Kier molecular flexibility index (Phi) is 4.13. The fraction of sp³-hybridized carbons (Fsp3) is 1.00. The quantitative estimate of drug-likeness (QED) is 0.768. The Morgan fingerprint density at radius 3 is 2.63 bits per heavy atom. The van der Waals surface area contributed by atoms with Gasteiger partial charge >= 0.3 is 0 Å². The maximum absolute atomic E-state index is 5.97. The van der Waals surface area contributed by atoms with Gasteiger partial charge < -0.3 is 9.47 Å². The second-order valence-corrected chi connectivity index (χ2v) is 6.71. The van der Waals surface area contributed by atoms with E-state index in [9.17, 15) is 0 Å². The van der Waals surface area contributed by atoms with Gasteiger partial charge in [-0.1, -0.05) is 0 Å². The molecule has 2 unspecified atom stereocenters. The number of nitrogens with zero attached hydrogens (tertiary/aromatic N) is 2. The molecule has 0 aromatic rings. The predicted molar refractivity (Wildman–Crippen MR) is 75.4 cm³/mol. The van der Waals surface area contributed by atoms with Crippen molar-refractivity contribution in [2.45, 2.75) is 63.9 Å². The first-order valence-corrected chi connectivity index (χ1v) is 7.86. The van der Waals surface area contributed by atoms with E-state index in [-0.39, 0.29) is 0 Å². The molecule has 110 valence electrons. The topological polar surface area (TPSA) is 24.9 Å². The lowest BCUT2D eigenvalue weighted by atomic mass is 10.1. The van der Waals surface area contributed by atoms with E-state index >= 15 is 0 Å². The van der Waals surface area contributed by atoms with Crippen molar-refractivity contribution >= 4 is 0 Å². The molecule has 3 aliphatic heterocycles. The van der Waals surface area contributed by atoms with Gasteiger partial charge in [0, 0.05) is 37.8 Å². The zero-order valence-electron chi connectivity index (χ0n) is 12.5. The minimum atomic E-state index is 0.409. The van der Waals surface area contributed by atoms with Crippen LogP contribution in [0.4, 0.5) is 0 Å². The summed E-state index contributed by atoms with van der Waals surface area (Å²) in [7, 11) is 0. The zero-order chi connectivity index (χ0) is 13.4. The van der Waals surface area contributed by atoms with Crippen molar-refractivity contribution in [1.82, 2.24) is 9.80 Å². The summed E-state index contributed by atoms with van der Waals surface area (Å²) in [6, 6.07) is 1.93. The third-order valence-corrected chi connectivity index (χ3v) is 5.01. The van der Waals surface area contributed by atoms with Gasteiger partial charge in [0.25, 0.3) is 0 Å². The van der Waals surface area contributed by atoms with Crippen LogP contribution in [0.25, 0.3) is 0 Å². The molecule has 3 fully saturated rings. The molecule has 0 spiro atoms. The van der Waals surface area contributed by atoms with Crippen LogP contribution in [-0.4, -0.2) is 73.0 Å². The van der Waals surface area contributed by atoms with Crippen LogP contribution in [0.3, 0.4) is 0 Å². The van der Waals surface area contributed by atoms with E-state index < -0.39 is 0 Å². The summed E-state index contributed by atoms with van der Waals surface area (Å²) in [5.41, 5.74) is 0. The molecule has 3 aliphatic rings. The van der Waals surface area contributed by atoms with Crippen molar-refractivity contribution in [2.24, 2.45) is 0 Å². The van der Waals surface area contributed by atoms with Gasteiger partial charge in [-0.3, -0.25) is 9.80 Å². The largest absolute Gasteiger partial charge is 0.375 e. The van der Waals surface area contributed by atoms with Crippen molar-refractivity contribution in [2.75, 3.05) is 32.8 Å². The summed E-state index contributed by atoms with van der Waals surface area (Å²) in [6.07, 6.45) is 3.32. The molecule has 0 aromatic heterocycles. The molecule has 0 N–H and O–H groups in total. The second-order valence-electron chi connectivity index (χ2n) is 6.71. The Balaban J connectivity index is 1.50. The van der Waals surface area contributed by atoms with Crippen LogP contribution in [-0.2, 0) is 9.47 Å². The van der Waals surface area contributed by atoms with E-state index in [4.69, 9.17) is 9.47 Å². The number of hydrogen-bond acceptors (Lipinski definition) is 4. The van der Waals surface area contributed by atoms with E-state index in [2.05, 4.69) is 30.6 Å². The van der Waals surface area contributed by atoms with E-state index in [0.29, 0.717) is 30.3 Å². The zero-order valence-corrected chi connectivity index (χ0v) is 12.5. The molecule has 0 amide bonds. The van der Waals surface area contributed by atoms with Crippen molar-refractivity contribution in [1.29, 1.82) is 0 Å². The number of rotatable bonds is 4. The lowest BCUT2D eigenvalue weighted by molar-refractivity contribution is -0.0589. The minimum Gasteiger partial charge on any atom is -0.375 e. The van der Waals surface area contributed by atoms with Crippen LogP contribution in [0, 0.1) is 0 Å². The molecule has 0 radical (unpaired) electrons. The molecule has 0 saturated carbocycles. The smallest absolute Gasteiger partial charge is 0.0718 e. The number of likely N-dealkylation sites (tertiary alicyclic amines) is 1. The Labute approximate surface area is 117 Å². The lowest BCUT2D eigenvalue weighted by Gasteiger charge is -2.39. The van der Waals surface area contributed by atoms with Gasteiger partial charge in [0.2, 0.25) is 0 Å². The van der Waals surface area contributed by atoms with Crippen LogP contribution in [0.2, 0.25) is 0 Å². The molecule has 0 aromatic carbocycles. The SMILES string of the molecule is CC(C)N1CCOC(CC(C)N2C[C@@H]3C[C@H]2CO3)C1. The second kappa shape index (κ2) is 5.68. The summed E-state index contributed by atoms with van der Waals surface area (Å²) >= 11 is 0. The molecular formula is C15H28N2O2. The molecule has 3 rings (SSSR count). The van der Waals surface area contributed by atoms with E-state index in [1.807, 2.05) is 0 Å². The highest BCUT2D eigenvalue weighted by atomic mass is 16.5. The van der Waals surface area contributed by atoms with Gasteiger partial charge in [0.1, 0.15) is 0 Å². The summed E-state index contributed by atoms with van der Waals surface area (Å²) in [5, 5.41) is 0. The first kappa shape index (κ1) is 13.8. The Hall–Kier alpha value is -0.160. The summed E-state index contributed by atoms with van der Waals surface area (Å²) in [5.74, 6) is 0. The molecule has 19 heavy (non-hydrogen) atoms. The normalized spacial score (nSPS) is 38.2. The number of ether oxygens (including phenoxy) is 2. The fourth-order valence-corrected chi connectivity index (χ4v) is 3.84. The Morgan fingerprint density at radius 1 is 1.16 bits per heavy atom. The monoisotopic (exact) mass is 268 g/mol. The third-order valence-electron chi connectivity index (χ3n) is 5.01. The van der Waals surface area contributed by atoms with Gasteiger partial charge in [-0.25, -0.2) is 0 Å². The van der Waals surface area contributed by atoms with Crippen LogP contribution in [0.1, 0.15) is 33.6 Å². The highest BCUT2D eigenvalue weighted by molar-refractivity contribution is 4.94. The molecule has 4 nitrogen and oxygen atoms in total. The third kappa shape index (κ3) is 2.97. The van der Waals surface area contributed by atoms with Crippen molar-refractivity contribution in [3.05, 3.63) is 0 Å². The van der Waals surface area contributed by atoms with Crippen LogP contribution >= 0.6 is 0 Å². The van der Waals surface area contributed by atoms with E-state index in [1.54, 1.807) is 0 Å². The number of fused-ring (bicyclic) bond motifs is 2. The summed E-state index contributed by atoms with van der Waals surface area (Å²) < 4.78 is 11.7. The van der Waals surface area contributed by atoms with Crippen LogP contribution < -0.4 is 0 Å².